The number of carboxylic acid groups (broad SMARTS) is 1. The molecular formula is C18H19N3O3. The van der Waals surface area contributed by atoms with Crippen LogP contribution in [0.4, 0.5) is 5.82 Å². The molecule has 0 radical (unpaired) electrons. The van der Waals surface area contributed by atoms with Gasteiger partial charge in [-0.1, -0.05) is 6.42 Å². The summed E-state index contributed by atoms with van der Waals surface area (Å²) in [6.45, 7) is 0. The van der Waals surface area contributed by atoms with Gasteiger partial charge in [0, 0.05) is 17.5 Å². The fourth-order valence-corrected chi connectivity index (χ4v) is 5.45. The number of H-pyrrole nitrogens is 1. The van der Waals surface area contributed by atoms with E-state index in [9.17, 15) is 14.7 Å². The lowest BCUT2D eigenvalue weighted by molar-refractivity contribution is -0.141. The average Bonchev–Trinajstić information content (AvgIpc) is 2.91. The molecule has 124 valence electrons. The molecule has 2 aromatic rings. The molecule has 6 nitrogen and oxygen atoms in total. The summed E-state index contributed by atoms with van der Waals surface area (Å²) >= 11 is 0. The first kappa shape index (κ1) is 14.0. The van der Waals surface area contributed by atoms with Gasteiger partial charge < -0.3 is 15.4 Å². The Labute approximate surface area is 138 Å². The molecule has 3 fully saturated rings. The first-order chi connectivity index (χ1) is 11.6. The molecule has 0 saturated heterocycles. The van der Waals surface area contributed by atoms with Crippen molar-refractivity contribution in [3.8, 4) is 0 Å². The van der Waals surface area contributed by atoms with Gasteiger partial charge in [-0.05, 0) is 48.6 Å². The highest BCUT2D eigenvalue weighted by molar-refractivity contribution is 5.95. The number of aromatic nitrogens is 2. The van der Waals surface area contributed by atoms with Crippen LogP contribution in [0.1, 0.15) is 32.1 Å². The van der Waals surface area contributed by atoms with Crippen molar-refractivity contribution in [1.82, 2.24) is 9.97 Å². The minimum Gasteiger partial charge on any atom is -0.481 e. The van der Waals surface area contributed by atoms with Gasteiger partial charge in [0.2, 0.25) is 5.91 Å². The molecular weight excluding hydrogens is 306 g/mol. The van der Waals surface area contributed by atoms with Gasteiger partial charge in [-0.3, -0.25) is 9.59 Å². The second-order valence-electron chi connectivity index (χ2n) is 7.67. The smallest absolute Gasteiger partial charge is 0.307 e. The average molecular weight is 325 g/mol. The molecule has 24 heavy (non-hydrogen) atoms. The number of aromatic amines is 1. The molecule has 3 aliphatic carbocycles. The minimum atomic E-state index is -0.673. The molecule has 1 unspecified atom stereocenters. The van der Waals surface area contributed by atoms with E-state index in [1.165, 1.54) is 0 Å². The van der Waals surface area contributed by atoms with Crippen LogP contribution < -0.4 is 5.32 Å². The molecule has 1 amide bonds. The highest BCUT2D eigenvalue weighted by Crippen LogP contribution is 2.85. The number of nitrogens with zero attached hydrogens (tertiary/aromatic N) is 1. The molecule has 2 aromatic heterocycles. The number of nitrogens with one attached hydrogen (secondary N) is 2. The van der Waals surface area contributed by atoms with Crippen molar-refractivity contribution < 1.29 is 14.7 Å². The summed E-state index contributed by atoms with van der Waals surface area (Å²) in [5, 5.41) is 13.4. The first-order valence-electron chi connectivity index (χ1n) is 8.53. The number of fused-ring (bicyclic) bond motifs is 2. The van der Waals surface area contributed by atoms with Gasteiger partial charge in [0.15, 0.2) is 0 Å². The Hall–Kier alpha value is -2.37. The maximum absolute atomic E-state index is 12.5. The number of carboxylic acids is 1. The van der Waals surface area contributed by atoms with Crippen molar-refractivity contribution in [2.45, 2.75) is 32.1 Å². The van der Waals surface area contributed by atoms with Gasteiger partial charge in [-0.2, -0.15) is 0 Å². The second kappa shape index (κ2) is 4.37. The van der Waals surface area contributed by atoms with Crippen molar-refractivity contribution in [2.24, 2.45) is 22.7 Å². The molecule has 6 heteroatoms. The summed E-state index contributed by atoms with van der Waals surface area (Å²) < 4.78 is 0. The lowest BCUT2D eigenvalue weighted by Gasteiger charge is -2.42. The Morgan fingerprint density at radius 1 is 1.29 bits per heavy atom. The van der Waals surface area contributed by atoms with E-state index < -0.39 is 5.97 Å². The predicted octanol–water partition coefficient (Wildman–Crippen LogP) is 2.78. The first-order valence-corrected chi connectivity index (χ1v) is 8.53. The summed E-state index contributed by atoms with van der Waals surface area (Å²) in [5.41, 5.74) is 0.847. The number of hydrogen-bond acceptors (Lipinski definition) is 3. The number of anilines is 1. The van der Waals surface area contributed by atoms with Gasteiger partial charge in [-0.25, -0.2) is 4.98 Å². The molecule has 5 rings (SSSR count). The molecule has 0 bridgehead atoms. The van der Waals surface area contributed by atoms with Crippen LogP contribution in [0.2, 0.25) is 0 Å². The van der Waals surface area contributed by atoms with Gasteiger partial charge in [-0.15, -0.1) is 0 Å². The van der Waals surface area contributed by atoms with Crippen LogP contribution >= 0.6 is 0 Å². The lowest BCUT2D eigenvalue weighted by atomic mass is 9.62. The van der Waals surface area contributed by atoms with Crippen LogP contribution in [-0.4, -0.2) is 27.0 Å². The molecule has 3 saturated carbocycles. The molecule has 1 atom stereocenters. The molecule has 2 heterocycles. The van der Waals surface area contributed by atoms with Gasteiger partial charge >= 0.3 is 5.97 Å². The third kappa shape index (κ3) is 1.58. The Morgan fingerprint density at radius 3 is 2.71 bits per heavy atom. The van der Waals surface area contributed by atoms with Crippen LogP contribution in [0.25, 0.3) is 10.9 Å². The third-order valence-corrected chi connectivity index (χ3v) is 6.79. The van der Waals surface area contributed by atoms with Gasteiger partial charge in [0.05, 0.1) is 17.6 Å². The Balaban J connectivity index is 1.28. The van der Waals surface area contributed by atoms with Crippen molar-refractivity contribution in [1.29, 1.82) is 0 Å². The zero-order valence-electron chi connectivity index (χ0n) is 13.2. The van der Waals surface area contributed by atoms with Crippen LogP contribution in [0, 0.1) is 22.7 Å². The lowest BCUT2D eigenvalue weighted by Crippen LogP contribution is -2.40. The molecule has 3 aliphatic rings. The summed E-state index contributed by atoms with van der Waals surface area (Å²) in [7, 11) is 0. The van der Waals surface area contributed by atoms with Crippen molar-refractivity contribution >= 4 is 28.6 Å². The van der Waals surface area contributed by atoms with E-state index in [1.54, 1.807) is 6.20 Å². The molecule has 3 N–H and O–H groups in total. The summed E-state index contributed by atoms with van der Waals surface area (Å²) in [6, 6.07) is 3.79. The highest BCUT2D eigenvalue weighted by Gasteiger charge is 2.84. The number of pyridine rings is 1. The summed E-state index contributed by atoms with van der Waals surface area (Å²) in [6.07, 6.45) is 8.13. The van der Waals surface area contributed by atoms with E-state index in [0.29, 0.717) is 18.7 Å². The Bertz CT molecular complexity index is 861. The Kier molecular flexibility index (Phi) is 2.55. The maximum atomic E-state index is 12.5. The topological polar surface area (TPSA) is 95.1 Å². The van der Waals surface area contributed by atoms with E-state index in [-0.39, 0.29) is 28.6 Å². The highest BCUT2D eigenvalue weighted by atomic mass is 16.4. The van der Waals surface area contributed by atoms with Crippen molar-refractivity contribution in [3.63, 3.8) is 0 Å². The summed E-state index contributed by atoms with van der Waals surface area (Å²) in [5.74, 6) is -0.466. The molecule has 0 aromatic carbocycles. The molecule has 2 spiro atoms. The zero-order valence-corrected chi connectivity index (χ0v) is 13.2. The van der Waals surface area contributed by atoms with Crippen LogP contribution in [-0.2, 0) is 9.59 Å². The number of amides is 1. The van der Waals surface area contributed by atoms with Crippen molar-refractivity contribution in [2.75, 3.05) is 5.32 Å². The second-order valence-corrected chi connectivity index (χ2v) is 7.67. The predicted molar refractivity (Wildman–Crippen MR) is 87.3 cm³/mol. The zero-order chi connectivity index (χ0) is 16.5. The molecule has 0 aliphatic heterocycles. The fourth-order valence-electron chi connectivity index (χ4n) is 5.45. The van der Waals surface area contributed by atoms with Crippen LogP contribution in [0.3, 0.4) is 0 Å². The SMILES string of the molecule is O=C(Nc1cc2cc[nH]c2cn1)C1CC2(C1)C(C(=O)O)C21CCC1. The number of carbonyl (C=O) groups excluding carboxylic acids is 1. The number of carbonyl (C=O) groups is 2. The quantitative estimate of drug-likeness (QED) is 0.808. The third-order valence-electron chi connectivity index (χ3n) is 6.79. The van der Waals surface area contributed by atoms with Crippen LogP contribution in [0.15, 0.2) is 24.5 Å². The standard InChI is InChI=1S/C18H19N3O3/c22-15(21-13-6-10-2-5-19-12(10)9-20-13)11-7-18(8-11)14(16(23)24)17(18)3-1-4-17/h2,5-6,9,11,14,19H,1,3-4,7-8H2,(H,23,24)(H,20,21,22). The Morgan fingerprint density at radius 2 is 2.08 bits per heavy atom. The largest absolute Gasteiger partial charge is 0.481 e. The number of hydrogen-bond donors (Lipinski definition) is 3. The van der Waals surface area contributed by atoms with Gasteiger partial charge in [0.1, 0.15) is 5.82 Å². The number of aliphatic carboxylic acids is 1. The maximum Gasteiger partial charge on any atom is 0.307 e. The van der Waals surface area contributed by atoms with E-state index in [1.807, 2.05) is 18.3 Å². The minimum absolute atomic E-state index is 0.0118. The van der Waals surface area contributed by atoms with E-state index in [2.05, 4.69) is 15.3 Å². The van der Waals surface area contributed by atoms with E-state index in [0.717, 1.165) is 30.2 Å². The number of rotatable bonds is 3. The van der Waals surface area contributed by atoms with Crippen LogP contribution in [0.5, 0.6) is 0 Å². The fraction of sp³-hybridized carbons (Fsp3) is 0.500. The van der Waals surface area contributed by atoms with Gasteiger partial charge in [0.25, 0.3) is 0 Å². The van der Waals surface area contributed by atoms with E-state index >= 15 is 0 Å². The normalized spacial score (nSPS) is 32.3. The van der Waals surface area contributed by atoms with Crippen molar-refractivity contribution in [3.05, 3.63) is 24.5 Å². The van der Waals surface area contributed by atoms with E-state index in [4.69, 9.17) is 0 Å². The summed E-state index contributed by atoms with van der Waals surface area (Å²) in [4.78, 5) is 31.3. The monoisotopic (exact) mass is 325 g/mol.